The molecule has 0 bridgehead atoms. The summed E-state index contributed by atoms with van der Waals surface area (Å²) in [6.45, 7) is 3.16. The summed E-state index contributed by atoms with van der Waals surface area (Å²) in [7, 11) is -1.79. The molecular weight excluding hydrogens is 254 g/mol. The fraction of sp³-hybridized carbons (Fsp3) is 0.600. The average Bonchev–Trinajstić information content (AvgIpc) is 2.37. The minimum absolute atomic E-state index is 0.00518. The zero-order chi connectivity index (χ0) is 13.4. The molecule has 3 N–H and O–H groups in total. The van der Waals surface area contributed by atoms with Gasteiger partial charge in [-0.2, -0.15) is 4.98 Å². The number of hydrogen-bond donors (Lipinski definition) is 3. The number of nitrogens with zero attached hydrogens (tertiary/aromatic N) is 2. The molecule has 1 aromatic rings. The average molecular weight is 273 g/mol. The van der Waals surface area contributed by atoms with E-state index in [2.05, 4.69) is 32.2 Å². The molecule has 8 heteroatoms. The van der Waals surface area contributed by atoms with Crippen LogP contribution in [0.4, 0.5) is 11.8 Å². The second-order valence-electron chi connectivity index (χ2n) is 3.64. The van der Waals surface area contributed by atoms with Crippen molar-refractivity contribution in [2.75, 3.05) is 36.5 Å². The van der Waals surface area contributed by atoms with Crippen molar-refractivity contribution in [1.29, 1.82) is 0 Å². The highest BCUT2D eigenvalue weighted by Crippen LogP contribution is 2.05. The highest BCUT2D eigenvalue weighted by atomic mass is 32.2. The Labute approximate surface area is 107 Å². The highest BCUT2D eigenvalue weighted by Gasteiger charge is 2.06. The summed E-state index contributed by atoms with van der Waals surface area (Å²) in [6, 6.07) is 1.70. The molecule has 102 valence electrons. The third-order valence-electron chi connectivity index (χ3n) is 2.18. The van der Waals surface area contributed by atoms with Gasteiger partial charge in [-0.05, 0) is 19.5 Å². The lowest BCUT2D eigenvalue weighted by Gasteiger charge is -2.07. The molecule has 0 unspecified atom stereocenters. The van der Waals surface area contributed by atoms with Crippen LogP contribution in [0, 0.1) is 0 Å². The Hall–Kier alpha value is -1.41. The zero-order valence-electron chi connectivity index (χ0n) is 10.6. The Morgan fingerprint density at radius 2 is 2.06 bits per heavy atom. The van der Waals surface area contributed by atoms with E-state index in [0.29, 0.717) is 18.3 Å². The molecule has 0 fully saturated rings. The molecule has 7 nitrogen and oxygen atoms in total. The maximum Gasteiger partial charge on any atom is 0.224 e. The number of anilines is 2. The first-order valence-corrected chi connectivity index (χ1v) is 7.44. The third kappa shape index (κ3) is 5.28. The van der Waals surface area contributed by atoms with Gasteiger partial charge in [0.2, 0.25) is 16.0 Å². The SMILES string of the molecule is CCCNc1nccc(NCCS(=O)(=O)NC)n1. The molecule has 1 heterocycles. The zero-order valence-corrected chi connectivity index (χ0v) is 11.4. The van der Waals surface area contributed by atoms with Gasteiger partial charge >= 0.3 is 0 Å². The number of nitrogens with one attached hydrogen (secondary N) is 3. The van der Waals surface area contributed by atoms with Crippen LogP contribution < -0.4 is 15.4 Å². The van der Waals surface area contributed by atoms with Crippen molar-refractivity contribution in [2.45, 2.75) is 13.3 Å². The molecule has 0 spiro atoms. The predicted octanol–water partition coefficient (Wildman–Crippen LogP) is 0.260. The second kappa shape index (κ2) is 7.12. The lowest BCUT2D eigenvalue weighted by atomic mass is 10.5. The van der Waals surface area contributed by atoms with E-state index in [0.717, 1.165) is 13.0 Å². The van der Waals surface area contributed by atoms with Crippen molar-refractivity contribution < 1.29 is 8.42 Å². The van der Waals surface area contributed by atoms with Crippen LogP contribution in [0.5, 0.6) is 0 Å². The minimum atomic E-state index is -3.19. The van der Waals surface area contributed by atoms with E-state index in [1.165, 1.54) is 7.05 Å². The molecule has 1 aromatic heterocycles. The molecule has 0 atom stereocenters. The van der Waals surface area contributed by atoms with E-state index in [4.69, 9.17) is 0 Å². The number of rotatable bonds is 8. The Bertz CT molecular complexity index is 463. The lowest BCUT2D eigenvalue weighted by Crippen LogP contribution is -2.26. The van der Waals surface area contributed by atoms with E-state index in [1.54, 1.807) is 12.3 Å². The fourth-order valence-electron chi connectivity index (χ4n) is 1.19. The van der Waals surface area contributed by atoms with Crippen molar-refractivity contribution in [3.05, 3.63) is 12.3 Å². The molecule has 0 saturated heterocycles. The van der Waals surface area contributed by atoms with Gasteiger partial charge in [-0.15, -0.1) is 0 Å². The van der Waals surface area contributed by atoms with Crippen LogP contribution in [0.1, 0.15) is 13.3 Å². The fourth-order valence-corrected chi connectivity index (χ4v) is 1.77. The summed E-state index contributed by atoms with van der Waals surface area (Å²) in [5.74, 6) is 1.15. The van der Waals surface area contributed by atoms with E-state index in [9.17, 15) is 8.42 Å². The molecule has 1 rings (SSSR count). The Balaban J connectivity index is 2.47. The molecule has 0 aromatic carbocycles. The van der Waals surface area contributed by atoms with E-state index in [-0.39, 0.29) is 5.75 Å². The van der Waals surface area contributed by atoms with Crippen LogP contribution in [0.3, 0.4) is 0 Å². The third-order valence-corrected chi connectivity index (χ3v) is 3.54. The van der Waals surface area contributed by atoms with E-state index >= 15 is 0 Å². The number of hydrogen-bond acceptors (Lipinski definition) is 6. The standard InChI is InChI=1S/C10H19N5O2S/c1-3-5-13-10-14-6-4-9(15-10)12-7-8-18(16,17)11-2/h4,6,11H,3,5,7-8H2,1-2H3,(H2,12,13,14,15). The van der Waals surface area contributed by atoms with Crippen LogP contribution in [-0.4, -0.2) is 44.3 Å². The van der Waals surface area contributed by atoms with Gasteiger partial charge in [0.1, 0.15) is 5.82 Å². The first kappa shape index (κ1) is 14.7. The second-order valence-corrected chi connectivity index (χ2v) is 5.69. The van der Waals surface area contributed by atoms with Crippen molar-refractivity contribution >= 4 is 21.8 Å². The maximum atomic E-state index is 11.2. The summed E-state index contributed by atoms with van der Waals surface area (Å²) < 4.78 is 24.7. The molecule has 0 aliphatic carbocycles. The highest BCUT2D eigenvalue weighted by molar-refractivity contribution is 7.89. The van der Waals surface area contributed by atoms with Crippen LogP contribution in [-0.2, 0) is 10.0 Å². The molecule has 0 aliphatic rings. The summed E-state index contributed by atoms with van der Waals surface area (Å²) in [5, 5.41) is 6.00. The van der Waals surface area contributed by atoms with Crippen molar-refractivity contribution in [3.63, 3.8) is 0 Å². The largest absolute Gasteiger partial charge is 0.369 e. The normalized spacial score (nSPS) is 11.2. The summed E-state index contributed by atoms with van der Waals surface area (Å²) >= 11 is 0. The van der Waals surface area contributed by atoms with E-state index < -0.39 is 10.0 Å². The van der Waals surface area contributed by atoms with Gasteiger partial charge in [0.15, 0.2) is 0 Å². The maximum absolute atomic E-state index is 11.2. The van der Waals surface area contributed by atoms with Crippen molar-refractivity contribution in [2.24, 2.45) is 0 Å². The Morgan fingerprint density at radius 1 is 1.28 bits per heavy atom. The van der Waals surface area contributed by atoms with Gasteiger partial charge in [0.25, 0.3) is 0 Å². The van der Waals surface area contributed by atoms with Gasteiger partial charge in [-0.25, -0.2) is 18.1 Å². The lowest BCUT2D eigenvalue weighted by molar-refractivity contribution is 0.588. The van der Waals surface area contributed by atoms with Crippen molar-refractivity contribution in [3.8, 4) is 0 Å². The molecule has 0 saturated carbocycles. The minimum Gasteiger partial charge on any atom is -0.369 e. The molecule has 0 aliphatic heterocycles. The van der Waals surface area contributed by atoms with Gasteiger partial charge in [0.05, 0.1) is 5.75 Å². The monoisotopic (exact) mass is 273 g/mol. The summed E-state index contributed by atoms with van der Waals surface area (Å²) in [5.41, 5.74) is 0. The summed E-state index contributed by atoms with van der Waals surface area (Å²) in [4.78, 5) is 8.26. The molecule has 0 amide bonds. The van der Waals surface area contributed by atoms with Gasteiger partial charge < -0.3 is 10.6 Å². The quantitative estimate of drug-likeness (QED) is 0.629. The topological polar surface area (TPSA) is 96.0 Å². The first-order chi connectivity index (χ1) is 8.57. The van der Waals surface area contributed by atoms with Crippen LogP contribution in [0.2, 0.25) is 0 Å². The Morgan fingerprint density at radius 3 is 2.72 bits per heavy atom. The van der Waals surface area contributed by atoms with Crippen LogP contribution in [0.25, 0.3) is 0 Å². The molecular formula is C10H19N5O2S. The van der Waals surface area contributed by atoms with Crippen LogP contribution >= 0.6 is 0 Å². The first-order valence-electron chi connectivity index (χ1n) is 5.79. The van der Waals surface area contributed by atoms with E-state index in [1.807, 2.05) is 0 Å². The molecule has 18 heavy (non-hydrogen) atoms. The van der Waals surface area contributed by atoms with Gasteiger partial charge in [-0.3, -0.25) is 0 Å². The van der Waals surface area contributed by atoms with Gasteiger partial charge in [-0.1, -0.05) is 6.92 Å². The van der Waals surface area contributed by atoms with Crippen LogP contribution in [0.15, 0.2) is 12.3 Å². The van der Waals surface area contributed by atoms with Gasteiger partial charge in [0, 0.05) is 19.3 Å². The Kier molecular flexibility index (Phi) is 5.79. The predicted molar refractivity (Wildman–Crippen MR) is 72.1 cm³/mol. The number of sulfonamides is 1. The molecule has 0 radical (unpaired) electrons. The summed E-state index contributed by atoms with van der Waals surface area (Å²) in [6.07, 6.45) is 2.61. The smallest absolute Gasteiger partial charge is 0.224 e. The number of aromatic nitrogens is 2. The van der Waals surface area contributed by atoms with Crippen molar-refractivity contribution in [1.82, 2.24) is 14.7 Å².